The van der Waals surface area contributed by atoms with E-state index in [1.54, 1.807) is 6.92 Å². The third kappa shape index (κ3) is 4.43. The maximum Gasteiger partial charge on any atom is 0.338 e. The van der Waals surface area contributed by atoms with Crippen molar-refractivity contribution in [3.05, 3.63) is 29.1 Å². The molecular weight excluding hydrogens is 311 g/mol. The van der Waals surface area contributed by atoms with Crippen molar-refractivity contribution in [1.82, 2.24) is 0 Å². The molecule has 0 fully saturated rings. The Balaban J connectivity index is 2.97. The smallest absolute Gasteiger partial charge is 0.338 e. The van der Waals surface area contributed by atoms with Crippen molar-refractivity contribution in [1.29, 1.82) is 0 Å². The van der Waals surface area contributed by atoms with E-state index >= 15 is 0 Å². The number of ether oxygens (including phenoxy) is 2. The maximum absolute atomic E-state index is 13.6. The first kappa shape index (κ1) is 16.9. The highest BCUT2D eigenvalue weighted by Crippen LogP contribution is 2.24. The summed E-state index contributed by atoms with van der Waals surface area (Å²) < 4.78 is 46.0. The number of carbonyl (C=O) groups is 1. The SMILES string of the molecule is CCOCCOC(=O)c1cc(F)c(C)c(S(=O)(=O)Cl)c1. The van der Waals surface area contributed by atoms with E-state index in [0.717, 1.165) is 12.1 Å². The molecule has 5 nitrogen and oxygen atoms in total. The minimum absolute atomic E-state index is 0.00880. The van der Waals surface area contributed by atoms with Crippen molar-refractivity contribution in [2.75, 3.05) is 19.8 Å². The predicted octanol–water partition coefficient (Wildman–Crippen LogP) is 2.25. The largest absolute Gasteiger partial charge is 0.460 e. The molecule has 0 aromatic heterocycles. The molecule has 0 unspecified atom stereocenters. The third-order valence-electron chi connectivity index (χ3n) is 2.46. The maximum atomic E-state index is 13.6. The molecule has 1 rings (SSSR count). The minimum atomic E-state index is -4.14. The summed E-state index contributed by atoms with van der Waals surface area (Å²) in [5.74, 6) is -1.69. The van der Waals surface area contributed by atoms with Crippen LogP contribution >= 0.6 is 10.7 Å². The van der Waals surface area contributed by atoms with Gasteiger partial charge in [-0.2, -0.15) is 0 Å². The number of hydrogen-bond acceptors (Lipinski definition) is 5. The van der Waals surface area contributed by atoms with E-state index < -0.39 is 25.7 Å². The van der Waals surface area contributed by atoms with Gasteiger partial charge >= 0.3 is 5.97 Å². The average Bonchev–Trinajstić information content (AvgIpc) is 2.36. The number of esters is 1. The number of carbonyl (C=O) groups excluding carboxylic acids is 1. The van der Waals surface area contributed by atoms with Crippen LogP contribution in [0, 0.1) is 12.7 Å². The van der Waals surface area contributed by atoms with Crippen LogP contribution in [0.3, 0.4) is 0 Å². The summed E-state index contributed by atoms with van der Waals surface area (Å²) >= 11 is 0. The summed E-state index contributed by atoms with van der Waals surface area (Å²) in [6, 6.07) is 1.90. The highest BCUT2D eigenvalue weighted by molar-refractivity contribution is 8.13. The lowest BCUT2D eigenvalue weighted by Gasteiger charge is -2.08. The first-order valence-corrected chi connectivity index (χ1v) is 8.08. The Morgan fingerprint density at radius 1 is 1.35 bits per heavy atom. The third-order valence-corrected chi connectivity index (χ3v) is 3.91. The number of halogens is 2. The van der Waals surface area contributed by atoms with E-state index in [1.165, 1.54) is 6.92 Å². The zero-order valence-corrected chi connectivity index (χ0v) is 12.6. The van der Waals surface area contributed by atoms with Gasteiger partial charge in [0.2, 0.25) is 0 Å². The molecule has 0 N–H and O–H groups in total. The Morgan fingerprint density at radius 3 is 2.55 bits per heavy atom. The fourth-order valence-electron chi connectivity index (χ4n) is 1.45. The van der Waals surface area contributed by atoms with Crippen LogP contribution < -0.4 is 0 Å². The summed E-state index contributed by atoms with van der Waals surface area (Å²) in [4.78, 5) is 11.2. The van der Waals surface area contributed by atoms with Gasteiger partial charge in [-0.05, 0) is 26.0 Å². The van der Waals surface area contributed by atoms with Crippen LogP contribution in [0.2, 0.25) is 0 Å². The Labute approximate surface area is 121 Å². The minimum Gasteiger partial charge on any atom is -0.460 e. The van der Waals surface area contributed by atoms with Gasteiger partial charge in [-0.25, -0.2) is 17.6 Å². The quantitative estimate of drug-likeness (QED) is 0.456. The van der Waals surface area contributed by atoms with Gasteiger partial charge in [-0.1, -0.05) is 0 Å². The van der Waals surface area contributed by atoms with Crippen LogP contribution in [-0.2, 0) is 18.5 Å². The summed E-state index contributed by atoms with van der Waals surface area (Å²) in [7, 11) is 1.05. The molecule has 0 amide bonds. The lowest BCUT2D eigenvalue weighted by atomic mass is 10.1. The van der Waals surface area contributed by atoms with Gasteiger partial charge in [0.25, 0.3) is 9.05 Å². The van der Waals surface area contributed by atoms with Crippen LogP contribution in [0.4, 0.5) is 4.39 Å². The topological polar surface area (TPSA) is 69.7 Å². The molecule has 0 bridgehead atoms. The van der Waals surface area contributed by atoms with Crippen molar-refractivity contribution in [3.8, 4) is 0 Å². The molecule has 1 aromatic carbocycles. The van der Waals surface area contributed by atoms with Crippen molar-refractivity contribution >= 4 is 25.7 Å². The fourth-order valence-corrected chi connectivity index (χ4v) is 2.66. The van der Waals surface area contributed by atoms with E-state index in [1.807, 2.05) is 0 Å². The first-order chi connectivity index (χ1) is 9.27. The van der Waals surface area contributed by atoms with E-state index in [4.69, 9.17) is 20.2 Å². The van der Waals surface area contributed by atoms with Crippen LogP contribution in [0.15, 0.2) is 17.0 Å². The predicted molar refractivity (Wildman–Crippen MR) is 71.0 cm³/mol. The van der Waals surface area contributed by atoms with Crippen LogP contribution in [0.1, 0.15) is 22.8 Å². The van der Waals surface area contributed by atoms with Crippen LogP contribution in [-0.4, -0.2) is 34.2 Å². The molecule has 0 saturated heterocycles. The van der Waals surface area contributed by atoms with Crippen molar-refractivity contribution in [2.24, 2.45) is 0 Å². The summed E-state index contributed by atoms with van der Waals surface area (Å²) in [5, 5.41) is 0. The second-order valence-corrected chi connectivity index (χ2v) is 6.39. The first-order valence-electron chi connectivity index (χ1n) is 5.77. The Hall–Kier alpha value is -1.18. The summed E-state index contributed by atoms with van der Waals surface area (Å²) in [6.45, 7) is 3.72. The molecule has 1 aromatic rings. The highest BCUT2D eigenvalue weighted by atomic mass is 35.7. The van der Waals surface area contributed by atoms with Gasteiger partial charge in [0.15, 0.2) is 0 Å². The van der Waals surface area contributed by atoms with Gasteiger partial charge in [-0.15, -0.1) is 0 Å². The Morgan fingerprint density at radius 2 is 2.00 bits per heavy atom. The molecule has 0 aliphatic heterocycles. The monoisotopic (exact) mass is 324 g/mol. The molecular formula is C12H14ClFO5S. The molecule has 112 valence electrons. The second kappa shape index (κ2) is 7.01. The zero-order valence-electron chi connectivity index (χ0n) is 11.0. The summed E-state index contributed by atoms with van der Waals surface area (Å²) in [6.07, 6.45) is 0. The molecule has 20 heavy (non-hydrogen) atoms. The lowest BCUT2D eigenvalue weighted by Crippen LogP contribution is -2.12. The lowest BCUT2D eigenvalue weighted by molar-refractivity contribution is 0.0334. The molecule has 8 heteroatoms. The van der Waals surface area contributed by atoms with E-state index in [2.05, 4.69) is 0 Å². The molecule has 0 saturated carbocycles. The number of rotatable bonds is 6. The molecule has 0 radical (unpaired) electrons. The van der Waals surface area contributed by atoms with E-state index in [-0.39, 0.29) is 24.3 Å². The number of benzene rings is 1. The van der Waals surface area contributed by atoms with Gasteiger partial charge < -0.3 is 9.47 Å². The molecule has 0 aliphatic carbocycles. The highest BCUT2D eigenvalue weighted by Gasteiger charge is 2.20. The second-order valence-electron chi connectivity index (χ2n) is 3.85. The summed E-state index contributed by atoms with van der Waals surface area (Å²) in [5.41, 5.74) is -0.366. The normalized spacial score (nSPS) is 11.4. The molecule has 0 aliphatic rings. The Bertz CT molecular complexity index is 600. The van der Waals surface area contributed by atoms with Crippen molar-refractivity contribution in [2.45, 2.75) is 18.7 Å². The van der Waals surface area contributed by atoms with E-state index in [0.29, 0.717) is 6.61 Å². The zero-order chi connectivity index (χ0) is 15.3. The number of hydrogen-bond donors (Lipinski definition) is 0. The molecule has 0 spiro atoms. The standard InChI is InChI=1S/C12H14ClFO5S/c1-3-18-4-5-19-12(15)9-6-10(14)8(2)11(7-9)20(13,16)17/h6-7H,3-5H2,1-2H3. The van der Waals surface area contributed by atoms with Crippen molar-refractivity contribution < 1.29 is 27.1 Å². The van der Waals surface area contributed by atoms with E-state index in [9.17, 15) is 17.6 Å². The van der Waals surface area contributed by atoms with Crippen LogP contribution in [0.5, 0.6) is 0 Å². The molecule has 0 heterocycles. The van der Waals surface area contributed by atoms with Gasteiger partial charge in [0.05, 0.1) is 17.1 Å². The van der Waals surface area contributed by atoms with Crippen molar-refractivity contribution in [3.63, 3.8) is 0 Å². The van der Waals surface area contributed by atoms with Gasteiger partial charge in [0, 0.05) is 22.9 Å². The molecule has 0 atom stereocenters. The van der Waals surface area contributed by atoms with Gasteiger partial charge in [0.1, 0.15) is 12.4 Å². The van der Waals surface area contributed by atoms with Gasteiger partial charge in [-0.3, -0.25) is 0 Å². The average molecular weight is 325 g/mol. The Kier molecular flexibility index (Phi) is 5.91. The fraction of sp³-hybridized carbons (Fsp3) is 0.417. The van der Waals surface area contributed by atoms with Crippen LogP contribution in [0.25, 0.3) is 0 Å².